The number of allylic oxidation sites excluding steroid dienone is 1. The summed E-state index contributed by atoms with van der Waals surface area (Å²) in [4.78, 5) is 16.3. The lowest BCUT2D eigenvalue weighted by Gasteiger charge is -2.27. The summed E-state index contributed by atoms with van der Waals surface area (Å²) in [5.74, 6) is 0.178. The zero-order valence-corrected chi connectivity index (χ0v) is 23.6. The summed E-state index contributed by atoms with van der Waals surface area (Å²) in [5, 5.41) is 10.5. The third-order valence-electron chi connectivity index (χ3n) is 8.46. The quantitative estimate of drug-likeness (QED) is 0.326. The molecule has 1 aromatic carbocycles. The molecule has 0 aliphatic carbocycles. The molecule has 0 spiro atoms. The Balaban J connectivity index is 1.50. The van der Waals surface area contributed by atoms with Crippen LogP contribution in [0.1, 0.15) is 69.1 Å². The lowest BCUT2D eigenvalue weighted by Crippen LogP contribution is -2.33. The summed E-state index contributed by atoms with van der Waals surface area (Å²) in [7, 11) is 0. The van der Waals surface area contributed by atoms with Gasteiger partial charge in [0.1, 0.15) is 11.6 Å². The van der Waals surface area contributed by atoms with Gasteiger partial charge in [0.25, 0.3) is 0 Å². The van der Waals surface area contributed by atoms with Crippen molar-refractivity contribution in [3.8, 4) is 17.3 Å². The number of nitrogens with zero attached hydrogens (tertiary/aromatic N) is 5. The monoisotopic (exact) mass is 562 g/mol. The van der Waals surface area contributed by atoms with E-state index in [1.165, 1.54) is 31.0 Å². The van der Waals surface area contributed by atoms with E-state index in [4.69, 9.17) is 20.4 Å². The molecule has 0 radical (unpaired) electrons. The SMILES string of the molecule is CCCCCCC1C(C)CCN1c1ncc2c3c(c(-c4ncc(F)c5c4C(C#N)=C(N)CS5)c(F)c2n1)COC3. The number of nitriles is 1. The van der Waals surface area contributed by atoms with E-state index in [1.54, 1.807) is 6.20 Å². The zero-order valence-electron chi connectivity index (χ0n) is 22.8. The molecule has 5 heterocycles. The number of ether oxygens (including phenoxy) is 1. The number of nitrogens with two attached hydrogens (primary N) is 1. The highest BCUT2D eigenvalue weighted by Crippen LogP contribution is 2.46. The van der Waals surface area contributed by atoms with Gasteiger partial charge in [-0.25, -0.2) is 18.7 Å². The fraction of sp³-hybridized carbons (Fsp3) is 0.467. The van der Waals surface area contributed by atoms with Gasteiger partial charge in [-0.3, -0.25) is 4.98 Å². The number of benzene rings is 1. The van der Waals surface area contributed by atoms with Gasteiger partial charge in [-0.2, -0.15) is 5.26 Å². The number of hydrogen-bond donors (Lipinski definition) is 1. The van der Waals surface area contributed by atoms with E-state index in [1.807, 2.05) is 0 Å². The van der Waals surface area contributed by atoms with Gasteiger partial charge in [-0.05, 0) is 29.9 Å². The number of halogens is 2. The highest BCUT2D eigenvalue weighted by atomic mass is 32.2. The van der Waals surface area contributed by atoms with Crippen LogP contribution in [-0.2, 0) is 18.0 Å². The molecule has 6 rings (SSSR count). The van der Waals surface area contributed by atoms with Crippen molar-refractivity contribution in [3.05, 3.63) is 46.4 Å². The second kappa shape index (κ2) is 10.9. The Kier molecular flexibility index (Phi) is 7.36. The first kappa shape index (κ1) is 26.9. The van der Waals surface area contributed by atoms with Crippen molar-refractivity contribution in [2.24, 2.45) is 11.7 Å². The van der Waals surface area contributed by atoms with Crippen LogP contribution in [0.4, 0.5) is 14.7 Å². The zero-order chi connectivity index (χ0) is 28.0. The van der Waals surface area contributed by atoms with Gasteiger partial charge in [0.15, 0.2) is 11.6 Å². The summed E-state index contributed by atoms with van der Waals surface area (Å²) >= 11 is 1.19. The minimum Gasteiger partial charge on any atom is -0.400 e. The number of fused-ring (bicyclic) bond motifs is 4. The molecule has 3 aliphatic heterocycles. The molecule has 0 bridgehead atoms. The van der Waals surface area contributed by atoms with Crippen molar-refractivity contribution in [3.63, 3.8) is 0 Å². The molecule has 1 saturated heterocycles. The first-order chi connectivity index (χ1) is 19.4. The van der Waals surface area contributed by atoms with E-state index >= 15 is 4.39 Å². The third kappa shape index (κ3) is 4.40. The van der Waals surface area contributed by atoms with Gasteiger partial charge in [-0.15, -0.1) is 11.8 Å². The lowest BCUT2D eigenvalue weighted by molar-refractivity contribution is 0.135. The molecular formula is C30H32F2N6OS. The van der Waals surface area contributed by atoms with Crippen molar-refractivity contribution in [2.45, 2.75) is 76.5 Å². The number of rotatable bonds is 7. The highest BCUT2D eigenvalue weighted by molar-refractivity contribution is 7.99. The second-order valence-electron chi connectivity index (χ2n) is 10.9. The summed E-state index contributed by atoms with van der Waals surface area (Å²) in [6, 6.07) is 2.41. The second-order valence-corrected chi connectivity index (χ2v) is 11.9. The van der Waals surface area contributed by atoms with Gasteiger partial charge in [0.05, 0.1) is 35.6 Å². The summed E-state index contributed by atoms with van der Waals surface area (Å²) < 4.78 is 37.3. The molecule has 0 amide bonds. The normalized spacial score (nSPS) is 20.2. The molecule has 10 heteroatoms. The molecule has 208 valence electrons. The predicted octanol–water partition coefficient (Wildman–Crippen LogP) is 6.48. The minimum atomic E-state index is -0.567. The Morgan fingerprint density at radius 3 is 2.77 bits per heavy atom. The largest absolute Gasteiger partial charge is 0.400 e. The number of thioether (sulfide) groups is 1. The maximum absolute atomic E-state index is 16.7. The molecule has 40 heavy (non-hydrogen) atoms. The van der Waals surface area contributed by atoms with Crippen LogP contribution < -0.4 is 10.6 Å². The van der Waals surface area contributed by atoms with Crippen molar-refractivity contribution >= 4 is 34.2 Å². The van der Waals surface area contributed by atoms with Gasteiger partial charge in [0, 0.05) is 46.7 Å². The van der Waals surface area contributed by atoms with Crippen molar-refractivity contribution in [1.29, 1.82) is 5.26 Å². The Morgan fingerprint density at radius 2 is 1.98 bits per heavy atom. The molecular weight excluding hydrogens is 530 g/mol. The van der Waals surface area contributed by atoms with Crippen LogP contribution in [0.25, 0.3) is 27.7 Å². The van der Waals surface area contributed by atoms with E-state index in [0.29, 0.717) is 34.6 Å². The Labute approximate surface area is 236 Å². The topological polar surface area (TPSA) is 101 Å². The van der Waals surface area contributed by atoms with Crippen LogP contribution in [-0.4, -0.2) is 33.3 Å². The van der Waals surface area contributed by atoms with Crippen LogP contribution in [0.3, 0.4) is 0 Å². The van der Waals surface area contributed by atoms with Crippen molar-refractivity contribution in [2.75, 3.05) is 17.2 Å². The predicted molar refractivity (Wildman–Crippen MR) is 152 cm³/mol. The lowest BCUT2D eigenvalue weighted by atomic mass is 9.91. The van der Waals surface area contributed by atoms with Crippen LogP contribution in [0.15, 0.2) is 23.0 Å². The van der Waals surface area contributed by atoms with Crippen LogP contribution >= 0.6 is 11.8 Å². The average molecular weight is 563 g/mol. The molecule has 2 unspecified atom stereocenters. The smallest absolute Gasteiger partial charge is 0.226 e. The Hall–Kier alpha value is -3.29. The van der Waals surface area contributed by atoms with Crippen LogP contribution in [0.2, 0.25) is 0 Å². The van der Waals surface area contributed by atoms with Crippen molar-refractivity contribution < 1.29 is 13.5 Å². The summed E-state index contributed by atoms with van der Waals surface area (Å²) in [6.07, 6.45) is 9.66. The Morgan fingerprint density at radius 1 is 1.15 bits per heavy atom. The molecule has 2 aromatic heterocycles. The molecule has 2 atom stereocenters. The maximum atomic E-state index is 16.7. The van der Waals surface area contributed by atoms with E-state index in [-0.39, 0.29) is 51.8 Å². The number of unbranched alkanes of at least 4 members (excludes halogenated alkanes) is 3. The number of hydrogen-bond acceptors (Lipinski definition) is 8. The van der Waals surface area contributed by atoms with Crippen molar-refractivity contribution in [1.82, 2.24) is 15.0 Å². The van der Waals surface area contributed by atoms with Gasteiger partial charge in [-0.1, -0.05) is 39.5 Å². The molecule has 1 fully saturated rings. The average Bonchev–Trinajstić information content (AvgIpc) is 3.59. The minimum absolute atomic E-state index is 0.128. The van der Waals surface area contributed by atoms with Gasteiger partial charge in [0.2, 0.25) is 5.95 Å². The molecule has 3 aliphatic rings. The summed E-state index contributed by atoms with van der Waals surface area (Å²) in [5.41, 5.74) is 8.81. The van der Waals surface area contributed by atoms with Gasteiger partial charge < -0.3 is 15.4 Å². The third-order valence-corrected chi connectivity index (χ3v) is 9.60. The van der Waals surface area contributed by atoms with E-state index in [9.17, 15) is 9.65 Å². The fourth-order valence-electron chi connectivity index (χ4n) is 6.31. The standard InChI is InChI=1S/C30H32F2N6OS/c1-3-4-5-6-7-23-16(2)8-9-38(23)30-36-11-18-19-13-39-14-20(19)24(26(32)27(18)37-30)28-25-17(10-33)22(34)15-40-29(25)21(31)12-35-28/h11-12,16,23H,3-9,13-15,34H2,1-2H3. The number of pyridine rings is 1. The highest BCUT2D eigenvalue weighted by Gasteiger charge is 2.35. The fourth-order valence-corrected chi connectivity index (χ4v) is 7.29. The number of aromatic nitrogens is 3. The maximum Gasteiger partial charge on any atom is 0.226 e. The molecule has 0 saturated carbocycles. The Bertz CT molecular complexity index is 1570. The van der Waals surface area contributed by atoms with E-state index in [0.717, 1.165) is 37.6 Å². The van der Waals surface area contributed by atoms with Crippen LogP contribution in [0.5, 0.6) is 0 Å². The molecule has 7 nitrogen and oxygen atoms in total. The summed E-state index contributed by atoms with van der Waals surface area (Å²) in [6.45, 7) is 5.75. The first-order valence-corrected chi connectivity index (χ1v) is 15.0. The number of anilines is 1. The van der Waals surface area contributed by atoms with E-state index < -0.39 is 11.6 Å². The molecule has 2 N–H and O–H groups in total. The van der Waals surface area contributed by atoms with E-state index in [2.05, 4.69) is 29.8 Å². The first-order valence-electron chi connectivity index (χ1n) is 14.0. The van der Waals surface area contributed by atoms with Gasteiger partial charge >= 0.3 is 0 Å². The van der Waals surface area contributed by atoms with Crippen LogP contribution in [0, 0.1) is 28.9 Å². The molecule has 3 aromatic rings.